The summed E-state index contributed by atoms with van der Waals surface area (Å²) < 4.78 is 19.1. The van der Waals surface area contributed by atoms with Crippen molar-refractivity contribution in [2.24, 2.45) is 0 Å². The molecule has 1 atom stereocenters. The Bertz CT molecular complexity index is 666. The molecule has 0 saturated carbocycles. The third-order valence-electron chi connectivity index (χ3n) is 2.93. The number of carbonyl (C=O) groups excluding carboxylic acids is 1. The van der Waals surface area contributed by atoms with Crippen LogP contribution in [0, 0.1) is 5.82 Å². The first-order chi connectivity index (χ1) is 9.65. The van der Waals surface area contributed by atoms with Crippen LogP contribution in [0.25, 0.3) is 0 Å². The molecule has 1 aliphatic rings. The molecule has 20 heavy (non-hydrogen) atoms. The summed E-state index contributed by atoms with van der Waals surface area (Å²) in [5.41, 5.74) is 0.956. The molecule has 102 valence electrons. The second-order valence-electron chi connectivity index (χ2n) is 4.23. The number of rotatable bonds is 2. The van der Waals surface area contributed by atoms with E-state index < -0.39 is 5.82 Å². The average Bonchev–Trinajstić information content (AvgIpc) is 2.83. The van der Waals surface area contributed by atoms with E-state index in [0.717, 1.165) is 5.56 Å². The van der Waals surface area contributed by atoms with Gasteiger partial charge in [0.15, 0.2) is 0 Å². The van der Waals surface area contributed by atoms with Gasteiger partial charge in [-0.05, 0) is 22.0 Å². The molecule has 3 rings (SSSR count). The van der Waals surface area contributed by atoms with Crippen LogP contribution in [0.5, 0.6) is 5.75 Å². The van der Waals surface area contributed by atoms with Crippen molar-refractivity contribution in [2.75, 3.05) is 6.61 Å². The number of carbonyl (C=O) groups is 1. The lowest BCUT2D eigenvalue weighted by atomic mass is 10.1. The number of amides is 1. The maximum atomic E-state index is 13.4. The number of nitrogens with one attached hydrogen (secondary N) is 1. The third-order valence-corrected chi connectivity index (χ3v) is 3.54. The number of aromatic nitrogens is 2. The highest BCUT2D eigenvalue weighted by molar-refractivity contribution is 9.10. The Balaban J connectivity index is 1.82. The summed E-state index contributed by atoms with van der Waals surface area (Å²) in [6, 6.07) is 2.57. The van der Waals surface area contributed by atoms with Crippen LogP contribution in [0.4, 0.5) is 4.39 Å². The predicted octanol–water partition coefficient (Wildman–Crippen LogP) is 2.24. The molecule has 0 saturated heterocycles. The molecule has 0 spiro atoms. The molecular formula is C13H9BrFN3O2. The van der Waals surface area contributed by atoms with Gasteiger partial charge in [-0.3, -0.25) is 9.78 Å². The molecule has 0 radical (unpaired) electrons. The maximum absolute atomic E-state index is 13.4. The van der Waals surface area contributed by atoms with E-state index in [1.54, 1.807) is 6.07 Å². The number of hydrogen-bond donors (Lipinski definition) is 1. The van der Waals surface area contributed by atoms with Gasteiger partial charge in [0.05, 0.1) is 16.7 Å². The average molecular weight is 338 g/mol. The molecule has 1 aromatic heterocycles. The van der Waals surface area contributed by atoms with Crippen molar-refractivity contribution >= 4 is 21.8 Å². The zero-order valence-corrected chi connectivity index (χ0v) is 11.7. The Kier molecular flexibility index (Phi) is 3.35. The van der Waals surface area contributed by atoms with E-state index in [2.05, 4.69) is 31.2 Å². The SMILES string of the molecule is O=C(NC1COc2cc(F)c(Br)cc21)c1cnccn1. The van der Waals surface area contributed by atoms with Gasteiger partial charge >= 0.3 is 0 Å². The van der Waals surface area contributed by atoms with Crippen LogP contribution in [0.1, 0.15) is 22.1 Å². The number of fused-ring (bicyclic) bond motifs is 1. The number of halogens is 2. The molecule has 1 unspecified atom stereocenters. The van der Waals surface area contributed by atoms with E-state index in [-0.39, 0.29) is 24.2 Å². The fraction of sp³-hybridized carbons (Fsp3) is 0.154. The first-order valence-corrected chi connectivity index (χ1v) is 6.63. The van der Waals surface area contributed by atoms with E-state index >= 15 is 0 Å². The van der Waals surface area contributed by atoms with Gasteiger partial charge in [0.1, 0.15) is 23.9 Å². The first-order valence-electron chi connectivity index (χ1n) is 5.84. The molecule has 0 aliphatic carbocycles. The molecule has 1 aromatic carbocycles. The number of benzene rings is 1. The van der Waals surface area contributed by atoms with Gasteiger partial charge in [0.2, 0.25) is 0 Å². The normalized spacial score (nSPS) is 16.4. The fourth-order valence-electron chi connectivity index (χ4n) is 1.97. The Morgan fingerprint density at radius 1 is 1.45 bits per heavy atom. The topological polar surface area (TPSA) is 64.1 Å². The minimum absolute atomic E-state index is 0.224. The zero-order chi connectivity index (χ0) is 14.1. The van der Waals surface area contributed by atoms with Crippen molar-refractivity contribution in [2.45, 2.75) is 6.04 Å². The Hall–Kier alpha value is -2.02. The van der Waals surface area contributed by atoms with E-state index in [1.165, 1.54) is 24.7 Å². The van der Waals surface area contributed by atoms with Crippen molar-refractivity contribution < 1.29 is 13.9 Å². The van der Waals surface area contributed by atoms with E-state index in [0.29, 0.717) is 10.2 Å². The molecule has 0 bridgehead atoms. The molecule has 1 aliphatic heterocycles. The molecule has 0 fully saturated rings. The molecule has 1 N–H and O–H groups in total. The third kappa shape index (κ3) is 2.36. The van der Waals surface area contributed by atoms with Gasteiger partial charge in [0, 0.05) is 24.0 Å². The molecule has 5 nitrogen and oxygen atoms in total. The van der Waals surface area contributed by atoms with Crippen LogP contribution in [0.15, 0.2) is 35.2 Å². The number of nitrogens with zero attached hydrogens (tertiary/aromatic N) is 2. The second kappa shape index (κ2) is 5.16. The standard InChI is InChI=1S/C13H9BrFN3O2/c14-8-3-7-11(6-20-12(7)4-9(8)15)18-13(19)10-5-16-1-2-17-10/h1-5,11H,6H2,(H,18,19). The van der Waals surface area contributed by atoms with Crippen molar-refractivity contribution in [3.63, 3.8) is 0 Å². The molecule has 2 heterocycles. The van der Waals surface area contributed by atoms with Gasteiger partial charge in [-0.25, -0.2) is 9.37 Å². The quantitative estimate of drug-likeness (QED) is 0.912. The predicted molar refractivity (Wildman–Crippen MR) is 71.8 cm³/mol. The number of ether oxygens (including phenoxy) is 1. The van der Waals surface area contributed by atoms with E-state index in [4.69, 9.17) is 4.74 Å². The first kappa shape index (κ1) is 13.0. The summed E-state index contributed by atoms with van der Waals surface area (Å²) in [5, 5.41) is 2.79. The van der Waals surface area contributed by atoms with Crippen LogP contribution >= 0.6 is 15.9 Å². The Labute approximate surface area is 122 Å². The summed E-state index contributed by atoms with van der Waals surface area (Å²) >= 11 is 3.12. The summed E-state index contributed by atoms with van der Waals surface area (Å²) in [5.74, 6) is -0.306. The summed E-state index contributed by atoms with van der Waals surface area (Å²) in [4.78, 5) is 19.8. The lowest BCUT2D eigenvalue weighted by molar-refractivity contribution is 0.0925. The Morgan fingerprint density at radius 3 is 3.05 bits per heavy atom. The lowest BCUT2D eigenvalue weighted by Gasteiger charge is -2.11. The highest BCUT2D eigenvalue weighted by Crippen LogP contribution is 2.36. The van der Waals surface area contributed by atoms with Gasteiger partial charge in [-0.15, -0.1) is 0 Å². The van der Waals surface area contributed by atoms with Crippen molar-refractivity contribution in [3.05, 3.63) is 52.3 Å². The van der Waals surface area contributed by atoms with Gasteiger partial charge < -0.3 is 10.1 Å². The largest absolute Gasteiger partial charge is 0.491 e. The van der Waals surface area contributed by atoms with Gasteiger partial charge in [0.25, 0.3) is 5.91 Å². The van der Waals surface area contributed by atoms with Crippen LogP contribution in [-0.4, -0.2) is 22.5 Å². The molecular weight excluding hydrogens is 329 g/mol. The molecule has 1 amide bonds. The highest BCUT2D eigenvalue weighted by atomic mass is 79.9. The van der Waals surface area contributed by atoms with E-state index in [1.807, 2.05) is 0 Å². The molecule has 2 aromatic rings. The summed E-state index contributed by atoms with van der Waals surface area (Å²) in [6.45, 7) is 0.261. The van der Waals surface area contributed by atoms with Crippen LogP contribution in [0.3, 0.4) is 0 Å². The fourth-order valence-corrected chi connectivity index (χ4v) is 2.33. The zero-order valence-electron chi connectivity index (χ0n) is 10.1. The second-order valence-corrected chi connectivity index (χ2v) is 5.09. The van der Waals surface area contributed by atoms with Crippen LogP contribution in [0.2, 0.25) is 0 Å². The van der Waals surface area contributed by atoms with Crippen molar-refractivity contribution in [1.82, 2.24) is 15.3 Å². The van der Waals surface area contributed by atoms with Gasteiger partial charge in [-0.2, -0.15) is 0 Å². The lowest BCUT2D eigenvalue weighted by Crippen LogP contribution is -2.30. The van der Waals surface area contributed by atoms with Gasteiger partial charge in [-0.1, -0.05) is 0 Å². The molecule has 7 heteroatoms. The Morgan fingerprint density at radius 2 is 2.30 bits per heavy atom. The summed E-state index contributed by atoms with van der Waals surface area (Å²) in [6.07, 6.45) is 4.32. The van der Waals surface area contributed by atoms with Crippen molar-refractivity contribution in [1.29, 1.82) is 0 Å². The minimum Gasteiger partial charge on any atom is -0.491 e. The van der Waals surface area contributed by atoms with Crippen molar-refractivity contribution in [3.8, 4) is 5.75 Å². The maximum Gasteiger partial charge on any atom is 0.272 e. The smallest absolute Gasteiger partial charge is 0.272 e. The van der Waals surface area contributed by atoms with E-state index in [9.17, 15) is 9.18 Å². The van der Waals surface area contributed by atoms with Crippen LogP contribution in [-0.2, 0) is 0 Å². The van der Waals surface area contributed by atoms with Crippen LogP contribution < -0.4 is 10.1 Å². The monoisotopic (exact) mass is 337 g/mol. The highest BCUT2D eigenvalue weighted by Gasteiger charge is 2.27. The number of hydrogen-bond acceptors (Lipinski definition) is 4. The minimum atomic E-state index is -0.398. The summed E-state index contributed by atoms with van der Waals surface area (Å²) in [7, 11) is 0.